The molecule has 0 atom stereocenters. The number of fused-ring (bicyclic) bond motifs is 1. The first-order chi connectivity index (χ1) is 9.90. The van der Waals surface area contributed by atoms with Crippen molar-refractivity contribution >= 4 is 16.6 Å². The molecule has 0 fully saturated rings. The van der Waals surface area contributed by atoms with Crippen molar-refractivity contribution in [2.45, 2.75) is 32.9 Å². The maximum Gasteiger partial charge on any atom is 0.137 e. The van der Waals surface area contributed by atoms with Gasteiger partial charge in [-0.3, -0.25) is 0 Å². The van der Waals surface area contributed by atoms with Crippen LogP contribution in [-0.2, 0) is 6.54 Å². The van der Waals surface area contributed by atoms with Crippen LogP contribution in [0.15, 0.2) is 30.3 Å². The van der Waals surface area contributed by atoms with E-state index in [2.05, 4.69) is 50.2 Å². The molecule has 2 rings (SSSR count). The van der Waals surface area contributed by atoms with E-state index in [1.54, 1.807) is 0 Å². The normalized spacial score (nSPS) is 11.4. The lowest BCUT2D eigenvalue weighted by Gasteiger charge is -2.22. The Kier molecular flexibility index (Phi) is 4.50. The molecule has 2 aromatic rings. The summed E-state index contributed by atoms with van der Waals surface area (Å²) >= 11 is 0. The number of pyridine rings is 1. The fourth-order valence-electron chi connectivity index (χ4n) is 2.18. The van der Waals surface area contributed by atoms with Crippen molar-refractivity contribution in [1.82, 2.24) is 10.3 Å². The summed E-state index contributed by atoms with van der Waals surface area (Å²) in [4.78, 5) is 6.81. The molecule has 0 saturated carbocycles. The Morgan fingerprint density at radius 2 is 2.00 bits per heavy atom. The standard InChI is InChI=1S/C18H23N3/c1-6-11-21(5)17-16-10-8-7-9-14(16)12-15(20-17)13-19-18(2,3)4/h1,7-10,12,19H,11,13H2,2-5H3. The lowest BCUT2D eigenvalue weighted by Crippen LogP contribution is -2.35. The molecule has 0 bridgehead atoms. The maximum atomic E-state index is 5.43. The van der Waals surface area contributed by atoms with Crippen LogP contribution in [0.2, 0.25) is 0 Å². The molecule has 0 aliphatic carbocycles. The number of rotatable bonds is 4. The van der Waals surface area contributed by atoms with Gasteiger partial charge in [0.2, 0.25) is 0 Å². The highest BCUT2D eigenvalue weighted by molar-refractivity contribution is 5.92. The van der Waals surface area contributed by atoms with Crippen molar-refractivity contribution in [3.8, 4) is 12.3 Å². The molecule has 21 heavy (non-hydrogen) atoms. The van der Waals surface area contributed by atoms with Gasteiger partial charge >= 0.3 is 0 Å². The summed E-state index contributed by atoms with van der Waals surface area (Å²) in [5.41, 5.74) is 1.10. The Balaban J connectivity index is 2.42. The number of aromatic nitrogens is 1. The Bertz CT molecular complexity index is 662. The minimum absolute atomic E-state index is 0.0677. The van der Waals surface area contributed by atoms with Crippen molar-refractivity contribution in [1.29, 1.82) is 0 Å². The van der Waals surface area contributed by atoms with Crippen molar-refractivity contribution in [3.63, 3.8) is 0 Å². The third kappa shape index (κ3) is 3.96. The van der Waals surface area contributed by atoms with E-state index in [1.165, 1.54) is 5.39 Å². The van der Waals surface area contributed by atoms with Crippen LogP contribution in [-0.4, -0.2) is 24.1 Å². The molecule has 3 heteroatoms. The van der Waals surface area contributed by atoms with Gasteiger partial charge in [0.1, 0.15) is 5.82 Å². The average Bonchev–Trinajstić information content (AvgIpc) is 2.43. The Morgan fingerprint density at radius 1 is 1.29 bits per heavy atom. The number of hydrogen-bond donors (Lipinski definition) is 1. The maximum absolute atomic E-state index is 5.43. The van der Waals surface area contributed by atoms with Crippen LogP contribution in [0.3, 0.4) is 0 Å². The minimum Gasteiger partial charge on any atom is -0.348 e. The van der Waals surface area contributed by atoms with E-state index in [0.717, 1.165) is 23.4 Å². The van der Waals surface area contributed by atoms with Gasteiger partial charge in [0.15, 0.2) is 0 Å². The van der Waals surface area contributed by atoms with E-state index in [9.17, 15) is 0 Å². The first-order valence-electron chi connectivity index (χ1n) is 7.19. The molecule has 0 unspecified atom stereocenters. The minimum atomic E-state index is 0.0677. The highest BCUT2D eigenvalue weighted by Crippen LogP contribution is 2.25. The number of nitrogens with one attached hydrogen (secondary N) is 1. The molecular weight excluding hydrogens is 258 g/mol. The predicted molar refractivity (Wildman–Crippen MR) is 90.4 cm³/mol. The molecule has 0 amide bonds. The van der Waals surface area contributed by atoms with Gasteiger partial charge in [-0.2, -0.15) is 0 Å². The zero-order valence-corrected chi connectivity index (χ0v) is 13.3. The molecule has 0 spiro atoms. The van der Waals surface area contributed by atoms with Gasteiger partial charge in [-0.05, 0) is 32.2 Å². The quantitative estimate of drug-likeness (QED) is 0.872. The van der Waals surface area contributed by atoms with Gasteiger partial charge < -0.3 is 10.2 Å². The molecule has 1 aromatic carbocycles. The lowest BCUT2D eigenvalue weighted by atomic mass is 10.1. The molecule has 0 aliphatic rings. The Hall–Kier alpha value is -2.05. The fraction of sp³-hybridized carbons (Fsp3) is 0.389. The third-order valence-electron chi connectivity index (χ3n) is 3.26. The summed E-state index contributed by atoms with van der Waals surface area (Å²) in [6.45, 7) is 7.75. The molecule has 0 aliphatic heterocycles. The van der Waals surface area contributed by atoms with Gasteiger partial charge in [-0.15, -0.1) is 6.42 Å². The van der Waals surface area contributed by atoms with Gasteiger partial charge in [0.25, 0.3) is 0 Å². The highest BCUT2D eigenvalue weighted by Gasteiger charge is 2.12. The predicted octanol–water partition coefficient (Wildman–Crippen LogP) is 3.19. The van der Waals surface area contributed by atoms with E-state index in [4.69, 9.17) is 11.4 Å². The molecule has 1 aromatic heterocycles. The van der Waals surface area contributed by atoms with Crippen LogP contribution in [0.5, 0.6) is 0 Å². The molecule has 1 N–H and O–H groups in total. The van der Waals surface area contributed by atoms with E-state index < -0.39 is 0 Å². The topological polar surface area (TPSA) is 28.2 Å². The number of nitrogens with zero attached hydrogens (tertiary/aromatic N) is 2. The molecule has 0 saturated heterocycles. The lowest BCUT2D eigenvalue weighted by molar-refractivity contribution is 0.421. The van der Waals surface area contributed by atoms with Gasteiger partial charge in [-0.1, -0.05) is 30.2 Å². The van der Waals surface area contributed by atoms with Crippen LogP contribution >= 0.6 is 0 Å². The first-order valence-corrected chi connectivity index (χ1v) is 7.19. The zero-order chi connectivity index (χ0) is 15.5. The number of terminal acetylenes is 1. The van der Waals surface area contributed by atoms with Crippen molar-refractivity contribution in [3.05, 3.63) is 36.0 Å². The fourth-order valence-corrected chi connectivity index (χ4v) is 2.18. The monoisotopic (exact) mass is 281 g/mol. The summed E-state index contributed by atoms with van der Waals surface area (Å²) in [6.07, 6.45) is 5.43. The van der Waals surface area contributed by atoms with Crippen LogP contribution in [0, 0.1) is 12.3 Å². The van der Waals surface area contributed by atoms with Gasteiger partial charge in [-0.25, -0.2) is 4.98 Å². The van der Waals surface area contributed by atoms with E-state index in [-0.39, 0.29) is 5.54 Å². The third-order valence-corrected chi connectivity index (χ3v) is 3.26. The zero-order valence-electron chi connectivity index (χ0n) is 13.3. The SMILES string of the molecule is C#CCN(C)c1nc(CNC(C)(C)C)cc2ccccc12. The van der Waals surface area contributed by atoms with Crippen LogP contribution in [0.1, 0.15) is 26.5 Å². The summed E-state index contributed by atoms with van der Waals surface area (Å²) in [5, 5.41) is 5.81. The largest absolute Gasteiger partial charge is 0.348 e. The smallest absolute Gasteiger partial charge is 0.137 e. The number of hydrogen-bond acceptors (Lipinski definition) is 3. The molecular formula is C18H23N3. The average molecular weight is 281 g/mol. The first kappa shape index (κ1) is 15.3. The summed E-state index contributed by atoms with van der Waals surface area (Å²) in [7, 11) is 1.98. The van der Waals surface area contributed by atoms with Crippen LogP contribution < -0.4 is 10.2 Å². The van der Waals surface area contributed by atoms with E-state index in [1.807, 2.05) is 24.1 Å². The van der Waals surface area contributed by atoms with Gasteiger partial charge in [0, 0.05) is 24.5 Å². The second-order valence-electron chi connectivity index (χ2n) is 6.32. The number of anilines is 1. The molecule has 110 valence electrons. The Morgan fingerprint density at radius 3 is 2.67 bits per heavy atom. The Labute approximate surface area is 127 Å². The summed E-state index contributed by atoms with van der Waals surface area (Å²) < 4.78 is 0. The van der Waals surface area contributed by atoms with Gasteiger partial charge in [0.05, 0.1) is 12.2 Å². The number of benzene rings is 1. The molecule has 0 radical (unpaired) electrons. The van der Waals surface area contributed by atoms with Crippen molar-refractivity contribution in [2.24, 2.45) is 0 Å². The van der Waals surface area contributed by atoms with Crippen LogP contribution in [0.4, 0.5) is 5.82 Å². The van der Waals surface area contributed by atoms with Crippen LogP contribution in [0.25, 0.3) is 10.8 Å². The molecule has 3 nitrogen and oxygen atoms in total. The van der Waals surface area contributed by atoms with E-state index in [0.29, 0.717) is 6.54 Å². The second-order valence-corrected chi connectivity index (χ2v) is 6.32. The summed E-state index contributed by atoms with van der Waals surface area (Å²) in [5.74, 6) is 3.62. The second kappa shape index (κ2) is 6.15. The highest BCUT2D eigenvalue weighted by atomic mass is 15.2. The summed E-state index contributed by atoms with van der Waals surface area (Å²) in [6, 6.07) is 10.4. The van der Waals surface area contributed by atoms with Crippen molar-refractivity contribution < 1.29 is 0 Å². The molecule has 1 heterocycles. The van der Waals surface area contributed by atoms with Crippen molar-refractivity contribution in [2.75, 3.05) is 18.5 Å². The van der Waals surface area contributed by atoms with E-state index >= 15 is 0 Å².